The van der Waals surface area contributed by atoms with E-state index >= 15 is 0 Å². The van der Waals surface area contributed by atoms with Crippen LogP contribution in [0.2, 0.25) is 0 Å². The number of hydrogen-bond donors (Lipinski definition) is 2. The SMILES string of the molecule is O=C(CNc1ccc(Oc2ccccc2)cc1)Nc1ccc(OCC2CCCO2)cc1. The molecular weight excluding hydrogens is 392 g/mol. The van der Waals surface area contributed by atoms with Crippen molar-refractivity contribution in [2.24, 2.45) is 0 Å². The first-order valence-electron chi connectivity index (χ1n) is 10.5. The fraction of sp³-hybridized carbons (Fsp3) is 0.240. The second-order valence-electron chi connectivity index (χ2n) is 7.31. The van der Waals surface area contributed by atoms with Gasteiger partial charge in [-0.2, -0.15) is 0 Å². The summed E-state index contributed by atoms with van der Waals surface area (Å²) in [4.78, 5) is 12.2. The normalized spacial score (nSPS) is 15.3. The second-order valence-corrected chi connectivity index (χ2v) is 7.31. The molecule has 0 aliphatic carbocycles. The van der Waals surface area contributed by atoms with Gasteiger partial charge in [-0.25, -0.2) is 0 Å². The average molecular weight is 418 g/mol. The molecule has 1 aliphatic heterocycles. The third kappa shape index (κ3) is 6.49. The van der Waals surface area contributed by atoms with Crippen molar-refractivity contribution in [2.45, 2.75) is 18.9 Å². The van der Waals surface area contributed by atoms with Gasteiger partial charge >= 0.3 is 0 Å². The highest BCUT2D eigenvalue weighted by atomic mass is 16.5. The fourth-order valence-electron chi connectivity index (χ4n) is 3.25. The molecule has 1 fully saturated rings. The number of anilines is 2. The average Bonchev–Trinajstić information content (AvgIpc) is 3.33. The van der Waals surface area contributed by atoms with Crippen LogP contribution in [0.4, 0.5) is 11.4 Å². The minimum Gasteiger partial charge on any atom is -0.491 e. The van der Waals surface area contributed by atoms with E-state index in [1.54, 1.807) is 0 Å². The Labute approximate surface area is 182 Å². The Morgan fingerprint density at radius 1 is 0.871 bits per heavy atom. The molecule has 1 saturated heterocycles. The predicted molar refractivity (Wildman–Crippen MR) is 121 cm³/mol. The summed E-state index contributed by atoms with van der Waals surface area (Å²) >= 11 is 0. The summed E-state index contributed by atoms with van der Waals surface area (Å²) in [5.41, 5.74) is 1.57. The summed E-state index contributed by atoms with van der Waals surface area (Å²) in [5, 5.41) is 5.99. The van der Waals surface area contributed by atoms with E-state index in [9.17, 15) is 4.79 Å². The number of hydrogen-bond acceptors (Lipinski definition) is 5. The smallest absolute Gasteiger partial charge is 0.243 e. The predicted octanol–water partition coefficient (Wildman–Crippen LogP) is 5.09. The Hall–Kier alpha value is -3.51. The Morgan fingerprint density at radius 2 is 1.55 bits per heavy atom. The first-order chi connectivity index (χ1) is 15.2. The van der Waals surface area contributed by atoms with Crippen molar-refractivity contribution < 1.29 is 19.0 Å². The van der Waals surface area contributed by atoms with Gasteiger partial charge in [0, 0.05) is 18.0 Å². The summed E-state index contributed by atoms with van der Waals surface area (Å²) < 4.78 is 17.1. The maximum Gasteiger partial charge on any atom is 0.243 e. The van der Waals surface area contributed by atoms with E-state index in [4.69, 9.17) is 14.2 Å². The van der Waals surface area contributed by atoms with Crippen molar-refractivity contribution >= 4 is 17.3 Å². The Kier molecular flexibility index (Phi) is 7.03. The van der Waals surface area contributed by atoms with E-state index in [1.807, 2.05) is 78.9 Å². The van der Waals surface area contributed by atoms with Crippen LogP contribution in [0.3, 0.4) is 0 Å². The lowest BCUT2D eigenvalue weighted by atomic mass is 10.2. The van der Waals surface area contributed by atoms with E-state index in [-0.39, 0.29) is 18.6 Å². The lowest BCUT2D eigenvalue weighted by molar-refractivity contribution is -0.114. The highest BCUT2D eigenvalue weighted by molar-refractivity contribution is 5.93. The lowest BCUT2D eigenvalue weighted by Crippen LogP contribution is -2.21. The molecule has 4 rings (SSSR count). The molecule has 2 N–H and O–H groups in total. The van der Waals surface area contributed by atoms with E-state index in [1.165, 1.54) is 0 Å². The molecule has 6 heteroatoms. The number of ether oxygens (including phenoxy) is 3. The molecule has 1 aliphatic rings. The molecule has 31 heavy (non-hydrogen) atoms. The minimum atomic E-state index is -0.127. The molecule has 3 aromatic carbocycles. The first-order valence-corrected chi connectivity index (χ1v) is 10.5. The Morgan fingerprint density at radius 3 is 2.26 bits per heavy atom. The molecular formula is C25H26N2O4. The molecule has 6 nitrogen and oxygen atoms in total. The maximum atomic E-state index is 12.2. The zero-order valence-electron chi connectivity index (χ0n) is 17.3. The van der Waals surface area contributed by atoms with E-state index < -0.39 is 0 Å². The van der Waals surface area contributed by atoms with Crippen molar-refractivity contribution in [3.8, 4) is 17.2 Å². The van der Waals surface area contributed by atoms with Crippen molar-refractivity contribution in [1.82, 2.24) is 0 Å². The first kappa shape index (κ1) is 20.8. The third-order valence-electron chi connectivity index (χ3n) is 4.88. The van der Waals surface area contributed by atoms with Gasteiger partial charge < -0.3 is 24.8 Å². The van der Waals surface area contributed by atoms with Crippen molar-refractivity contribution in [1.29, 1.82) is 0 Å². The van der Waals surface area contributed by atoms with Gasteiger partial charge in [-0.15, -0.1) is 0 Å². The summed E-state index contributed by atoms with van der Waals surface area (Å²) in [6.07, 6.45) is 2.33. The minimum absolute atomic E-state index is 0.127. The zero-order valence-corrected chi connectivity index (χ0v) is 17.3. The zero-order chi connectivity index (χ0) is 21.3. The van der Waals surface area contributed by atoms with Crippen LogP contribution in [0.15, 0.2) is 78.9 Å². The van der Waals surface area contributed by atoms with Gasteiger partial charge in [-0.3, -0.25) is 4.79 Å². The molecule has 0 spiro atoms. The van der Waals surface area contributed by atoms with E-state index in [2.05, 4.69) is 10.6 Å². The number of amides is 1. The number of benzene rings is 3. The molecule has 3 aromatic rings. The van der Waals surface area contributed by atoms with Crippen molar-refractivity contribution in [3.63, 3.8) is 0 Å². The lowest BCUT2D eigenvalue weighted by Gasteiger charge is -2.12. The standard InChI is InChI=1S/C25H26N2O4/c28-25(27-20-10-12-21(13-11-20)30-18-24-7-4-16-29-24)17-26-19-8-14-23(15-9-19)31-22-5-2-1-3-6-22/h1-3,5-6,8-15,24,26H,4,7,16-18H2,(H,27,28). The molecule has 1 amide bonds. The van der Waals surface area contributed by atoms with Gasteiger partial charge in [0.15, 0.2) is 0 Å². The molecule has 1 unspecified atom stereocenters. The van der Waals surface area contributed by atoms with Crippen LogP contribution in [-0.4, -0.2) is 31.8 Å². The Balaban J connectivity index is 1.20. The van der Waals surface area contributed by atoms with Crippen molar-refractivity contribution in [3.05, 3.63) is 78.9 Å². The topological polar surface area (TPSA) is 68.8 Å². The van der Waals surface area contributed by atoms with Crippen LogP contribution < -0.4 is 20.1 Å². The summed E-state index contributed by atoms with van der Waals surface area (Å²) in [6, 6.07) is 24.5. The van der Waals surface area contributed by atoms with E-state index in [0.29, 0.717) is 6.61 Å². The monoisotopic (exact) mass is 418 g/mol. The third-order valence-corrected chi connectivity index (χ3v) is 4.88. The molecule has 1 heterocycles. The van der Waals surface area contributed by atoms with Gasteiger partial charge in [0.2, 0.25) is 5.91 Å². The number of carbonyl (C=O) groups is 1. The summed E-state index contributed by atoms with van der Waals surface area (Å²) in [6.45, 7) is 1.54. The molecule has 1 atom stereocenters. The molecule has 0 bridgehead atoms. The van der Waals surface area contributed by atoms with Gasteiger partial charge in [0.1, 0.15) is 23.9 Å². The van der Waals surface area contributed by atoms with Crippen LogP contribution in [0, 0.1) is 0 Å². The number of carbonyl (C=O) groups excluding carboxylic acids is 1. The quantitative estimate of drug-likeness (QED) is 0.507. The number of para-hydroxylation sites is 1. The van der Waals surface area contributed by atoms with Crippen LogP contribution >= 0.6 is 0 Å². The highest BCUT2D eigenvalue weighted by Gasteiger charge is 2.15. The molecule has 0 saturated carbocycles. The number of rotatable bonds is 9. The van der Waals surface area contributed by atoms with Gasteiger partial charge in [0.05, 0.1) is 12.6 Å². The van der Waals surface area contributed by atoms with E-state index in [0.717, 1.165) is 48.1 Å². The van der Waals surface area contributed by atoms with Crippen LogP contribution in [0.5, 0.6) is 17.2 Å². The largest absolute Gasteiger partial charge is 0.491 e. The van der Waals surface area contributed by atoms with Crippen molar-refractivity contribution in [2.75, 3.05) is 30.4 Å². The fourth-order valence-corrected chi connectivity index (χ4v) is 3.25. The summed E-state index contributed by atoms with van der Waals surface area (Å²) in [5.74, 6) is 2.16. The van der Waals surface area contributed by atoms with Gasteiger partial charge in [0.25, 0.3) is 0 Å². The molecule has 0 radical (unpaired) electrons. The number of nitrogens with one attached hydrogen (secondary N) is 2. The molecule has 160 valence electrons. The maximum absolute atomic E-state index is 12.2. The Bertz CT molecular complexity index is 953. The highest BCUT2D eigenvalue weighted by Crippen LogP contribution is 2.23. The molecule has 0 aromatic heterocycles. The summed E-state index contributed by atoms with van der Waals surface area (Å²) in [7, 11) is 0. The van der Waals surface area contributed by atoms with Crippen LogP contribution in [0.25, 0.3) is 0 Å². The van der Waals surface area contributed by atoms with Gasteiger partial charge in [-0.05, 0) is 73.5 Å². The van der Waals surface area contributed by atoms with Crippen LogP contribution in [-0.2, 0) is 9.53 Å². The van der Waals surface area contributed by atoms with Crippen LogP contribution in [0.1, 0.15) is 12.8 Å². The van der Waals surface area contributed by atoms with Gasteiger partial charge in [-0.1, -0.05) is 18.2 Å². The second kappa shape index (κ2) is 10.5.